The van der Waals surface area contributed by atoms with E-state index in [4.69, 9.17) is 20.7 Å². The minimum Gasteiger partial charge on any atom is -0.425 e. The number of carbonyl (C=O) groups excluding carboxylic acids is 1. The van der Waals surface area contributed by atoms with E-state index in [2.05, 4.69) is 11.2 Å². The number of rotatable bonds is 11. The van der Waals surface area contributed by atoms with Crippen LogP contribution in [0.15, 0.2) is 72.6 Å². The SMILES string of the molecule is Cc1cc(C[n+]2cnn(C[C@](O)(c3ccc(F)cc3F)[C@@H](C)c3nc(-c4ccc(C#N)cc4)cs3)c2)cc(C)c1OC(=O)[C@@H](N)C(C)C. The Hall–Kier alpha value is -4.83. The molecule has 3 N–H and O–H groups in total. The van der Waals surface area contributed by atoms with Gasteiger partial charge in [-0.2, -0.15) is 5.26 Å². The number of carbonyl (C=O) groups is 1. The Balaban J connectivity index is 1.40. The number of esters is 1. The summed E-state index contributed by atoms with van der Waals surface area (Å²) in [7, 11) is 0. The normalized spacial score (nSPS) is 13.9. The molecule has 0 saturated heterocycles. The zero-order valence-electron chi connectivity index (χ0n) is 27.3. The van der Waals surface area contributed by atoms with Crippen molar-refractivity contribution in [2.75, 3.05) is 0 Å². The maximum Gasteiger partial charge on any atom is 0.328 e. The van der Waals surface area contributed by atoms with Gasteiger partial charge in [0, 0.05) is 33.6 Å². The van der Waals surface area contributed by atoms with Crippen molar-refractivity contribution in [3.05, 3.63) is 117 Å². The van der Waals surface area contributed by atoms with Gasteiger partial charge in [-0.15, -0.1) is 16.0 Å². The van der Waals surface area contributed by atoms with Crippen molar-refractivity contribution in [3.63, 3.8) is 0 Å². The third-order valence-corrected chi connectivity index (χ3v) is 9.45. The highest BCUT2D eigenvalue weighted by molar-refractivity contribution is 7.10. The number of nitrogens with two attached hydrogens (primary N) is 1. The van der Waals surface area contributed by atoms with Crippen molar-refractivity contribution in [2.45, 2.75) is 65.3 Å². The second-order valence-electron chi connectivity index (χ2n) is 12.4. The number of nitrogens with zero attached hydrogens (tertiary/aromatic N) is 5. The average Bonchev–Trinajstić information content (AvgIpc) is 3.71. The van der Waals surface area contributed by atoms with Gasteiger partial charge >= 0.3 is 5.97 Å². The Morgan fingerprint density at radius 1 is 1.12 bits per heavy atom. The summed E-state index contributed by atoms with van der Waals surface area (Å²) >= 11 is 1.31. The van der Waals surface area contributed by atoms with E-state index >= 15 is 4.39 Å². The molecule has 9 nitrogen and oxygen atoms in total. The number of thiazole rings is 1. The maximum atomic E-state index is 15.3. The number of nitriles is 1. The summed E-state index contributed by atoms with van der Waals surface area (Å²) in [5, 5.41) is 28.2. The van der Waals surface area contributed by atoms with Gasteiger partial charge in [0.2, 0.25) is 6.33 Å². The molecular formula is C36H37F2N6O3S+. The lowest BCUT2D eigenvalue weighted by atomic mass is 9.82. The maximum absolute atomic E-state index is 15.3. The van der Waals surface area contributed by atoms with E-state index in [-0.39, 0.29) is 18.0 Å². The molecule has 5 rings (SSSR count). The van der Waals surface area contributed by atoms with E-state index in [1.165, 1.54) is 22.1 Å². The topological polar surface area (TPSA) is 131 Å². The first kappa shape index (κ1) is 34.5. The van der Waals surface area contributed by atoms with Crippen molar-refractivity contribution >= 4 is 17.3 Å². The minimum atomic E-state index is -1.86. The molecule has 2 heterocycles. The highest BCUT2D eigenvalue weighted by atomic mass is 32.1. The van der Waals surface area contributed by atoms with Gasteiger partial charge in [0.05, 0.1) is 28.9 Å². The molecule has 0 aliphatic carbocycles. The minimum absolute atomic E-state index is 0.0570. The Labute approximate surface area is 281 Å². The third kappa shape index (κ3) is 7.33. The molecule has 0 fully saturated rings. The first-order valence-corrected chi connectivity index (χ1v) is 16.3. The van der Waals surface area contributed by atoms with E-state index in [0.717, 1.165) is 34.4 Å². The zero-order valence-corrected chi connectivity index (χ0v) is 28.1. The van der Waals surface area contributed by atoms with Crippen LogP contribution >= 0.6 is 11.3 Å². The number of aryl methyl sites for hydroxylation is 2. The van der Waals surface area contributed by atoms with Crippen LogP contribution < -0.4 is 15.0 Å². The molecule has 0 saturated carbocycles. The van der Waals surface area contributed by atoms with Crippen molar-refractivity contribution in [1.82, 2.24) is 14.8 Å². The molecule has 0 amide bonds. The summed E-state index contributed by atoms with van der Waals surface area (Å²) in [5.41, 5.74) is 8.48. The summed E-state index contributed by atoms with van der Waals surface area (Å²) < 4.78 is 38.2. The third-order valence-electron chi connectivity index (χ3n) is 8.43. The number of aromatic nitrogens is 4. The van der Waals surface area contributed by atoms with Crippen molar-refractivity contribution in [3.8, 4) is 23.1 Å². The van der Waals surface area contributed by atoms with Gasteiger partial charge in [0.25, 0.3) is 6.33 Å². The van der Waals surface area contributed by atoms with Crippen LogP contribution in [0.3, 0.4) is 0 Å². The van der Waals surface area contributed by atoms with Crippen molar-refractivity contribution < 1.29 is 28.0 Å². The fourth-order valence-electron chi connectivity index (χ4n) is 5.55. The van der Waals surface area contributed by atoms with E-state index in [1.54, 1.807) is 43.8 Å². The van der Waals surface area contributed by atoms with Gasteiger partial charge in [0.15, 0.2) is 0 Å². The molecule has 12 heteroatoms. The molecule has 48 heavy (non-hydrogen) atoms. The number of hydrogen-bond donors (Lipinski definition) is 2. The van der Waals surface area contributed by atoms with Gasteiger partial charge < -0.3 is 15.6 Å². The predicted octanol–water partition coefficient (Wildman–Crippen LogP) is 5.69. The second kappa shape index (κ2) is 14.1. The van der Waals surface area contributed by atoms with Crippen LogP contribution in [0.5, 0.6) is 5.75 Å². The van der Waals surface area contributed by atoms with Gasteiger partial charge in [-0.05, 0) is 66.8 Å². The molecule has 3 atom stereocenters. The second-order valence-corrected chi connectivity index (χ2v) is 13.3. The van der Waals surface area contributed by atoms with Crippen LogP contribution in [-0.2, 0) is 23.5 Å². The molecule has 0 spiro atoms. The average molecular weight is 672 g/mol. The van der Waals surface area contributed by atoms with Crippen LogP contribution in [0.25, 0.3) is 11.3 Å². The van der Waals surface area contributed by atoms with Crippen LogP contribution in [0, 0.1) is 42.7 Å². The highest BCUT2D eigenvalue weighted by Gasteiger charge is 2.43. The van der Waals surface area contributed by atoms with E-state index in [1.807, 2.05) is 49.8 Å². The quantitative estimate of drug-likeness (QED) is 0.105. The summed E-state index contributed by atoms with van der Waals surface area (Å²) in [5.74, 6) is -2.42. The fourth-order valence-corrected chi connectivity index (χ4v) is 6.52. The molecule has 5 aromatic rings. The number of halogens is 2. The van der Waals surface area contributed by atoms with Crippen LogP contribution in [0.2, 0.25) is 0 Å². The molecular weight excluding hydrogens is 634 g/mol. The number of ether oxygens (including phenoxy) is 1. The molecule has 0 bridgehead atoms. The predicted molar refractivity (Wildman–Crippen MR) is 177 cm³/mol. The Bertz CT molecular complexity index is 1960. The lowest BCUT2D eigenvalue weighted by Crippen LogP contribution is -2.39. The Morgan fingerprint density at radius 2 is 1.81 bits per heavy atom. The Kier molecular flexibility index (Phi) is 10.1. The summed E-state index contributed by atoms with van der Waals surface area (Å²) in [6.45, 7) is 9.45. The Morgan fingerprint density at radius 3 is 2.44 bits per heavy atom. The first-order chi connectivity index (χ1) is 22.8. The number of aliphatic hydroxyl groups is 1. The molecule has 248 valence electrons. The van der Waals surface area contributed by atoms with Gasteiger partial charge in [0.1, 0.15) is 35.6 Å². The monoisotopic (exact) mass is 671 g/mol. The molecule has 0 aliphatic rings. The molecule has 0 radical (unpaired) electrons. The van der Waals surface area contributed by atoms with E-state index < -0.39 is 35.2 Å². The van der Waals surface area contributed by atoms with Gasteiger partial charge in [-0.25, -0.2) is 23.1 Å². The lowest BCUT2D eigenvalue weighted by molar-refractivity contribution is -0.689. The summed E-state index contributed by atoms with van der Waals surface area (Å²) in [6, 6.07) is 15.3. The summed E-state index contributed by atoms with van der Waals surface area (Å²) in [6.07, 6.45) is 3.29. The standard InChI is InChI=1S/C36H37F2N6O3S/c1-21(2)32(40)35(45)47-33-22(3)12-26(13-23(33)4)16-43-19-41-44(20-43)18-36(46,29-11-10-28(37)14-30(29)38)24(5)34-42-31(17-48-34)27-8-6-25(15-39)7-9-27/h6-14,17,19-21,24,32,46H,16,18,40H2,1-5H3/q+1/t24-,32-,36+/m0/s1. The van der Waals surface area contributed by atoms with Crippen LogP contribution in [0.1, 0.15) is 59.5 Å². The lowest BCUT2D eigenvalue weighted by Gasteiger charge is -2.32. The highest BCUT2D eigenvalue weighted by Crippen LogP contribution is 2.41. The number of hydrogen-bond acceptors (Lipinski definition) is 8. The van der Waals surface area contributed by atoms with Crippen molar-refractivity contribution in [1.29, 1.82) is 5.26 Å². The largest absolute Gasteiger partial charge is 0.425 e. The zero-order chi connectivity index (χ0) is 34.7. The van der Waals surface area contributed by atoms with Crippen LogP contribution in [0.4, 0.5) is 8.78 Å². The van der Waals surface area contributed by atoms with Gasteiger partial charge in [-0.3, -0.25) is 0 Å². The van der Waals surface area contributed by atoms with Gasteiger partial charge in [-0.1, -0.05) is 39.0 Å². The molecule has 0 aliphatic heterocycles. The molecule has 2 aromatic heterocycles. The summed E-state index contributed by atoms with van der Waals surface area (Å²) in [4.78, 5) is 17.2. The smallest absolute Gasteiger partial charge is 0.328 e. The molecule has 3 aromatic carbocycles. The fraction of sp³-hybridized carbons (Fsp3) is 0.306. The first-order valence-electron chi connectivity index (χ1n) is 15.4. The van der Waals surface area contributed by atoms with Crippen molar-refractivity contribution in [2.24, 2.45) is 11.7 Å². The van der Waals surface area contributed by atoms with E-state index in [9.17, 15) is 14.3 Å². The van der Waals surface area contributed by atoms with E-state index in [0.29, 0.717) is 28.6 Å². The van der Waals surface area contributed by atoms with Crippen LogP contribution in [-0.4, -0.2) is 31.9 Å². The molecule has 0 unspecified atom stereocenters. The number of benzene rings is 3.